The highest BCUT2D eigenvalue weighted by Crippen LogP contribution is 2.40. The monoisotopic (exact) mass is 534 g/mol. The topological polar surface area (TPSA) is 138 Å². The summed E-state index contributed by atoms with van der Waals surface area (Å²) in [6, 6.07) is 8.28. The van der Waals surface area contributed by atoms with Crippen molar-refractivity contribution in [2.75, 3.05) is 11.9 Å². The van der Waals surface area contributed by atoms with Gasteiger partial charge in [0, 0.05) is 11.3 Å². The van der Waals surface area contributed by atoms with Gasteiger partial charge in [-0.1, -0.05) is 30.3 Å². The average Bonchev–Trinajstić information content (AvgIpc) is 3.62. The second kappa shape index (κ2) is 9.43. The first kappa shape index (κ1) is 23.3. The lowest BCUT2D eigenvalue weighted by Crippen LogP contribution is -2.33. The number of hydrogen-bond acceptors (Lipinski definition) is 11. The maximum Gasteiger partial charge on any atom is 0.226 e. The molecule has 6 atom stereocenters. The molecule has 35 heavy (non-hydrogen) atoms. The Morgan fingerprint density at radius 3 is 2.83 bits per heavy atom. The smallest absolute Gasteiger partial charge is 0.226 e. The van der Waals surface area contributed by atoms with Crippen molar-refractivity contribution in [2.24, 2.45) is 0 Å². The van der Waals surface area contributed by atoms with Gasteiger partial charge in [0.2, 0.25) is 5.28 Å². The summed E-state index contributed by atoms with van der Waals surface area (Å²) in [7, 11) is 0. The molecule has 1 saturated carbocycles. The van der Waals surface area contributed by atoms with Crippen molar-refractivity contribution in [3.8, 4) is 0 Å². The van der Waals surface area contributed by atoms with Gasteiger partial charge in [-0.05, 0) is 36.6 Å². The number of hydrogen-bond donors (Lipinski definition) is 4. The third-order valence-corrected chi connectivity index (χ3v) is 9.19. The van der Waals surface area contributed by atoms with Crippen molar-refractivity contribution in [1.82, 2.24) is 24.5 Å². The van der Waals surface area contributed by atoms with Gasteiger partial charge in [-0.3, -0.25) is 4.57 Å². The van der Waals surface area contributed by atoms with Crippen LogP contribution in [0.25, 0.3) is 21.4 Å². The number of para-hydroxylation sites is 1. The maximum atomic E-state index is 10.5. The lowest BCUT2D eigenvalue weighted by atomic mass is 10.1. The number of rotatable bonds is 6. The van der Waals surface area contributed by atoms with Gasteiger partial charge in [0.15, 0.2) is 27.5 Å². The van der Waals surface area contributed by atoms with Crippen molar-refractivity contribution >= 4 is 61.9 Å². The Kier molecular flexibility index (Phi) is 6.29. The van der Waals surface area contributed by atoms with E-state index < -0.39 is 31.1 Å². The molecule has 0 spiro atoms. The Morgan fingerprint density at radius 2 is 2.03 bits per heavy atom. The molecule has 4 aromatic rings. The summed E-state index contributed by atoms with van der Waals surface area (Å²) < 4.78 is 9.39. The van der Waals surface area contributed by atoms with Crippen LogP contribution < -0.4 is 5.32 Å². The number of aromatic nitrogens is 5. The van der Waals surface area contributed by atoms with Crippen LogP contribution in [0.3, 0.4) is 0 Å². The molecule has 13 heteroatoms. The van der Waals surface area contributed by atoms with E-state index in [0.29, 0.717) is 22.2 Å². The van der Waals surface area contributed by atoms with Gasteiger partial charge in [0.05, 0.1) is 23.2 Å². The van der Waals surface area contributed by atoms with Crippen molar-refractivity contribution in [2.45, 2.75) is 59.4 Å². The molecule has 4 heterocycles. The molecule has 10 nitrogen and oxygen atoms in total. The molecule has 2 fully saturated rings. The number of anilines is 1. The predicted octanol–water partition coefficient (Wildman–Crippen LogP) is 2.83. The van der Waals surface area contributed by atoms with Gasteiger partial charge in [-0.15, -0.1) is 11.3 Å². The summed E-state index contributed by atoms with van der Waals surface area (Å²) in [5, 5.41) is 33.9. The van der Waals surface area contributed by atoms with Gasteiger partial charge < -0.3 is 25.4 Å². The Morgan fingerprint density at radius 1 is 1.17 bits per heavy atom. The van der Waals surface area contributed by atoms with Crippen molar-refractivity contribution in [3.63, 3.8) is 0 Å². The van der Waals surface area contributed by atoms with Gasteiger partial charge in [-0.25, -0.2) is 9.97 Å². The normalized spacial score (nSPS) is 28.9. The number of fused-ring (bicyclic) bond motifs is 2. The minimum Gasteiger partial charge on any atom is -0.394 e. The number of ether oxygens (including phenoxy) is 1. The largest absolute Gasteiger partial charge is 0.394 e. The summed E-state index contributed by atoms with van der Waals surface area (Å²) in [6.07, 6.45) is 0.247. The first-order valence-electron chi connectivity index (χ1n) is 11.3. The minimum absolute atomic E-state index is 0.0295. The van der Waals surface area contributed by atoms with E-state index in [-0.39, 0.29) is 11.3 Å². The molecule has 2 unspecified atom stereocenters. The number of nitrogens with one attached hydrogen (secondary N) is 1. The Labute approximate surface area is 213 Å². The van der Waals surface area contributed by atoms with Crippen LogP contribution in [0.2, 0.25) is 5.28 Å². The van der Waals surface area contributed by atoms with Crippen molar-refractivity contribution in [3.05, 3.63) is 35.9 Å². The van der Waals surface area contributed by atoms with Crippen LogP contribution in [0.1, 0.15) is 25.5 Å². The molecule has 0 radical (unpaired) electrons. The van der Waals surface area contributed by atoms with Gasteiger partial charge in [0.25, 0.3) is 0 Å². The van der Waals surface area contributed by atoms with Gasteiger partial charge >= 0.3 is 0 Å². The standard InChI is InChI=1S/C22H23ClN6O4S2/c23-21-27-18(15-19(28-21)29(9-24-15)20-17(32)16(31)12(8-30)33-20)25-10-5-3-7-14(10)35-22-26-11-4-1-2-6-13(11)34-22/h1-2,4,6,9-10,12,14,16-17,20,30-32H,3,5,7-8H2,(H,25,27,28)/t10?,12-,14?,16-,17-,20-/m1/s1. The van der Waals surface area contributed by atoms with Crippen molar-refractivity contribution in [1.29, 1.82) is 0 Å². The molecular weight excluding hydrogens is 512 g/mol. The molecule has 0 bridgehead atoms. The summed E-state index contributed by atoms with van der Waals surface area (Å²) in [5.74, 6) is 0.507. The number of imidazole rings is 1. The van der Waals surface area contributed by atoms with Crippen LogP contribution >= 0.6 is 34.7 Å². The number of thiazole rings is 1. The van der Waals surface area contributed by atoms with Crippen LogP contribution in [0.4, 0.5) is 5.82 Å². The summed E-state index contributed by atoms with van der Waals surface area (Å²) in [4.78, 5) is 17.9. The second-order valence-electron chi connectivity index (χ2n) is 8.68. The highest BCUT2D eigenvalue weighted by molar-refractivity contribution is 8.01. The Hall–Kier alpha value is -2.06. The van der Waals surface area contributed by atoms with E-state index >= 15 is 0 Å². The number of nitrogens with zero attached hydrogens (tertiary/aromatic N) is 5. The first-order valence-corrected chi connectivity index (χ1v) is 13.4. The van der Waals surface area contributed by atoms with Crippen LogP contribution in [-0.2, 0) is 4.74 Å². The Bertz CT molecular complexity index is 1340. The van der Waals surface area contributed by atoms with Gasteiger partial charge in [-0.2, -0.15) is 9.97 Å². The molecule has 1 aromatic carbocycles. The van der Waals surface area contributed by atoms with Crippen LogP contribution in [-0.4, -0.2) is 76.0 Å². The van der Waals surface area contributed by atoms with E-state index in [1.54, 1.807) is 23.1 Å². The van der Waals surface area contributed by atoms with Crippen molar-refractivity contribution < 1.29 is 20.1 Å². The Balaban J connectivity index is 1.26. The van der Waals surface area contributed by atoms with Crippen LogP contribution in [0.15, 0.2) is 34.9 Å². The lowest BCUT2D eigenvalue weighted by molar-refractivity contribution is -0.0511. The summed E-state index contributed by atoms with van der Waals surface area (Å²) in [5.41, 5.74) is 1.88. The van der Waals surface area contributed by atoms with Crippen LogP contribution in [0.5, 0.6) is 0 Å². The number of thioether (sulfide) groups is 1. The van der Waals surface area contributed by atoms with E-state index in [2.05, 4.69) is 26.3 Å². The summed E-state index contributed by atoms with van der Waals surface area (Å²) >= 11 is 9.75. The third-order valence-electron chi connectivity index (χ3n) is 6.49. The molecule has 0 amide bonds. The number of benzene rings is 1. The molecule has 6 rings (SSSR count). The van der Waals surface area contributed by atoms with E-state index in [1.807, 2.05) is 18.2 Å². The van der Waals surface area contributed by atoms with E-state index in [1.165, 1.54) is 15.6 Å². The minimum atomic E-state index is -1.25. The molecule has 4 N–H and O–H groups in total. The second-order valence-corrected chi connectivity index (χ2v) is 11.5. The molecule has 1 aliphatic heterocycles. The highest BCUT2D eigenvalue weighted by atomic mass is 35.5. The lowest BCUT2D eigenvalue weighted by Gasteiger charge is -2.21. The number of aliphatic hydroxyl groups is 3. The third kappa shape index (κ3) is 4.26. The molecule has 1 aliphatic carbocycles. The fraction of sp³-hybridized carbons (Fsp3) is 0.455. The molecule has 2 aliphatic rings. The highest BCUT2D eigenvalue weighted by Gasteiger charge is 2.44. The molecule has 184 valence electrons. The zero-order chi connectivity index (χ0) is 24.1. The first-order chi connectivity index (χ1) is 17.0. The SMILES string of the molecule is OC[C@H]1O[C@@H](n2cnc3c(NC4CCCC4Sc4nc5ccccc5s4)nc(Cl)nc32)[C@H](O)[C@@H]1O. The fourth-order valence-corrected chi connectivity index (χ4v) is 7.48. The van der Waals surface area contributed by atoms with Gasteiger partial charge in [0.1, 0.15) is 18.3 Å². The molecule has 3 aromatic heterocycles. The predicted molar refractivity (Wildman–Crippen MR) is 134 cm³/mol. The summed E-state index contributed by atoms with van der Waals surface area (Å²) in [6.45, 7) is -0.417. The number of aliphatic hydroxyl groups excluding tert-OH is 3. The fourth-order valence-electron chi connectivity index (χ4n) is 4.73. The van der Waals surface area contributed by atoms with Crippen LogP contribution in [0, 0.1) is 0 Å². The zero-order valence-electron chi connectivity index (χ0n) is 18.4. The van der Waals surface area contributed by atoms with E-state index in [0.717, 1.165) is 29.1 Å². The zero-order valence-corrected chi connectivity index (χ0v) is 20.7. The molecular formula is C22H23ClN6O4S2. The number of halogens is 1. The quantitative estimate of drug-likeness (QED) is 0.273. The van der Waals surface area contributed by atoms with E-state index in [4.69, 9.17) is 21.3 Å². The van der Waals surface area contributed by atoms with E-state index in [9.17, 15) is 15.3 Å². The molecule has 1 saturated heterocycles. The average molecular weight is 535 g/mol. The maximum absolute atomic E-state index is 10.5.